The van der Waals surface area contributed by atoms with Crippen molar-refractivity contribution in [1.82, 2.24) is 0 Å². The largest absolute Gasteiger partial charge is 0.693 e. The van der Waals surface area contributed by atoms with Gasteiger partial charge in [-0.05, 0) is 77.6 Å². The molecular formula is C47H82Cl8N8O13Pt4. The van der Waals surface area contributed by atoms with Gasteiger partial charge in [0.05, 0.1) is 29.6 Å². The average Bonchev–Trinajstić information content (AvgIpc) is 3.32. The SMILES string of the molecule is C=C(O)c1ccccc1.CC(C)(C)C(=O)O.CC(C)(C)C(=O)O.CCCC(=O)O.CCCC(=O)O.O=C(O)c1ccccc1.OCc1ccccc1.OCc1ccccc1.[Cl][Pt+2][Cl].[Cl][Pt+2][Cl].[Cl][Pt+2][Cl].[Cl][Pt+2][Cl].[NH2-].[NH2-].[NH2-].[NH2-].[NH2-].[NH2-].[NH2-].[NH2-]. The summed E-state index contributed by atoms with van der Waals surface area (Å²) < 4.78 is 0. The maximum atomic E-state index is 10.2. The second-order valence-corrected chi connectivity index (χ2v) is 27.5. The zero-order chi connectivity index (χ0) is 58.0. The fourth-order valence-corrected chi connectivity index (χ4v) is 2.81. The zero-order valence-corrected chi connectivity index (χ0v) is 60.2. The minimum absolute atomic E-state index is 0. The molecule has 0 aliphatic rings. The molecule has 21 nitrogen and oxygen atoms in total. The van der Waals surface area contributed by atoms with Crippen LogP contribution in [-0.2, 0) is 98.3 Å². The van der Waals surface area contributed by atoms with Crippen molar-refractivity contribution >= 4 is 111 Å². The van der Waals surface area contributed by atoms with Gasteiger partial charge in [-0.2, -0.15) is 0 Å². The van der Waals surface area contributed by atoms with Crippen molar-refractivity contribution in [2.45, 2.75) is 94.3 Å². The van der Waals surface area contributed by atoms with Crippen LogP contribution in [0.3, 0.4) is 0 Å². The maximum absolute atomic E-state index is 10.2. The Morgan fingerprint density at radius 2 is 0.575 bits per heavy atom. The van der Waals surface area contributed by atoms with E-state index in [0.717, 1.165) is 29.5 Å². The van der Waals surface area contributed by atoms with Gasteiger partial charge < -0.3 is 90.1 Å². The molecule has 0 bridgehead atoms. The van der Waals surface area contributed by atoms with Crippen LogP contribution >= 0.6 is 75.3 Å². The number of halogens is 8. The van der Waals surface area contributed by atoms with Gasteiger partial charge in [0.2, 0.25) is 0 Å². The van der Waals surface area contributed by atoms with Gasteiger partial charge in [0.25, 0.3) is 0 Å². The summed E-state index contributed by atoms with van der Waals surface area (Å²) in [6.07, 6.45) is 2.05. The minimum Gasteiger partial charge on any atom is -0.693 e. The van der Waals surface area contributed by atoms with Crippen molar-refractivity contribution in [3.63, 3.8) is 0 Å². The second kappa shape index (κ2) is 91.2. The molecule has 4 rings (SSSR count). The first-order chi connectivity index (χ1) is 33.6. The standard InChI is InChI=1S/C8H8O.C7H6O2.2C7H8O.2C5H10O2.2C4H8O2.8ClH.8H2N.4Pt/c1-7(9)8-5-3-2-4-6-8;8-7(9)6-4-2-1-3-5-6;2*8-6-7-4-2-1-3-5-7;2*1-5(2,3)4(6)7;2*1-2-3-4(5)6;;;;;;;;;;;;;;;;;;;;/h2-6,9H,1H2;1-5H,(H,8,9);2*1-5,8H,6H2;2*1-3H3,(H,6,7);2*2-3H2,1H3,(H,5,6);8*1H;8*1H2;;;;/q;;;;;;;;;;;;;;;;8*-1;4*+4/p-8. The minimum atomic E-state index is -0.879. The average molecular weight is 2030 g/mol. The normalized spacial score (nSPS) is 8.12. The number of carboxylic acids is 5. The van der Waals surface area contributed by atoms with E-state index in [1.165, 1.54) is 0 Å². The van der Waals surface area contributed by atoms with E-state index in [2.05, 4.69) is 6.58 Å². The predicted octanol–water partition coefficient (Wildman–Crippen LogP) is 21.2. The smallest absolute Gasteiger partial charge is 0.693 e. The Morgan fingerprint density at radius 3 is 0.650 bits per heavy atom. The van der Waals surface area contributed by atoms with Gasteiger partial charge in [0.15, 0.2) is 0 Å². The van der Waals surface area contributed by atoms with E-state index in [1.54, 1.807) is 71.9 Å². The van der Waals surface area contributed by atoms with Crippen LogP contribution < -0.4 is 0 Å². The molecule has 4 aromatic carbocycles. The number of aliphatic carboxylic acids is 4. The number of rotatable bonds is 8. The summed E-state index contributed by atoms with van der Waals surface area (Å²) >= 11 is -1.89. The fourth-order valence-electron chi connectivity index (χ4n) is 2.81. The Balaban J connectivity index is -0.0000000402. The molecule has 4 aromatic rings. The van der Waals surface area contributed by atoms with Gasteiger partial charge in [-0.15, -0.1) is 0 Å². The van der Waals surface area contributed by atoms with E-state index in [-0.39, 0.29) is 68.2 Å². The summed E-state index contributed by atoms with van der Waals surface area (Å²) in [4.78, 5) is 49.4. The third-order valence-corrected chi connectivity index (χ3v) is 6.39. The zero-order valence-electron chi connectivity index (χ0n) is 45.0. The van der Waals surface area contributed by atoms with E-state index in [0.29, 0.717) is 18.4 Å². The number of carbonyl (C=O) groups is 5. The maximum Gasteiger partial charge on any atom is -0.693 e. The van der Waals surface area contributed by atoms with Crippen LogP contribution in [0.4, 0.5) is 0 Å². The van der Waals surface area contributed by atoms with Gasteiger partial charge in [0.1, 0.15) is 5.76 Å². The third kappa shape index (κ3) is 119. The van der Waals surface area contributed by atoms with Crippen LogP contribution in [0.1, 0.15) is 108 Å². The summed E-state index contributed by atoms with van der Waals surface area (Å²) in [5, 5.41) is 66.6. The number of aromatic carboxylic acids is 1. The predicted molar refractivity (Wildman–Crippen MR) is 325 cm³/mol. The van der Waals surface area contributed by atoms with Crippen molar-refractivity contribution in [1.29, 1.82) is 0 Å². The van der Waals surface area contributed by atoms with Crippen molar-refractivity contribution in [2.75, 3.05) is 0 Å². The van der Waals surface area contributed by atoms with Crippen molar-refractivity contribution < 1.29 is 131 Å². The number of nitrogens with two attached hydrogens (primary N) is 8. The van der Waals surface area contributed by atoms with E-state index in [1.807, 2.05) is 105 Å². The number of hydrogen-bond acceptors (Lipinski definition) is 8. The topological polar surface area (TPSA) is 515 Å². The van der Waals surface area contributed by atoms with Crippen LogP contribution in [0.5, 0.6) is 0 Å². The van der Waals surface area contributed by atoms with Gasteiger partial charge in [-0.3, -0.25) is 19.2 Å². The molecule has 80 heavy (non-hydrogen) atoms. The van der Waals surface area contributed by atoms with E-state index in [9.17, 15) is 24.0 Å². The molecular weight excluding hydrogens is 1950 g/mol. The molecule has 484 valence electrons. The number of carboxylic acid groups (broad SMARTS) is 5. The molecule has 24 N–H and O–H groups in total. The Kier molecular flexibility index (Phi) is 138. The molecule has 0 unspecified atom stereocenters. The molecule has 0 fully saturated rings. The summed E-state index contributed by atoms with van der Waals surface area (Å²) in [6.45, 7) is 17.3. The molecule has 33 heteroatoms. The Labute approximate surface area is 540 Å². The van der Waals surface area contributed by atoms with Crippen molar-refractivity contribution in [2.24, 2.45) is 10.8 Å². The molecule has 0 aromatic heterocycles. The van der Waals surface area contributed by atoms with Crippen molar-refractivity contribution in [3.05, 3.63) is 199 Å². The fraction of sp³-hybridized carbons (Fsp3) is 0.340. The molecule has 0 radical (unpaired) electrons. The van der Waals surface area contributed by atoms with Crippen molar-refractivity contribution in [3.8, 4) is 0 Å². The van der Waals surface area contributed by atoms with Crippen LogP contribution in [0.25, 0.3) is 55.0 Å². The summed E-state index contributed by atoms with van der Waals surface area (Å²) in [5.41, 5.74) is 1.87. The number of aliphatic hydroxyl groups excluding tert-OH is 3. The first-order valence-corrected chi connectivity index (χ1v) is 42.3. The van der Waals surface area contributed by atoms with Gasteiger partial charge in [-0.1, -0.05) is 130 Å². The Bertz CT molecular complexity index is 1720. The quantitative estimate of drug-likeness (QED) is 0.0761. The Morgan fingerprint density at radius 1 is 0.400 bits per heavy atom. The second-order valence-electron chi connectivity index (χ2n) is 14.3. The van der Waals surface area contributed by atoms with Gasteiger partial charge in [-0.25, -0.2) is 4.79 Å². The van der Waals surface area contributed by atoms with Crippen LogP contribution in [0.2, 0.25) is 0 Å². The molecule has 0 spiro atoms. The molecule has 0 aliphatic carbocycles. The van der Waals surface area contributed by atoms with Crippen LogP contribution in [0.15, 0.2) is 128 Å². The van der Waals surface area contributed by atoms with Gasteiger partial charge >= 0.3 is 171 Å². The van der Waals surface area contributed by atoms with Crippen LogP contribution in [0, 0.1) is 10.8 Å². The first-order valence-electron chi connectivity index (χ1n) is 19.8. The molecule has 0 aliphatic heterocycles. The molecule has 0 atom stereocenters. The monoisotopic (exact) mass is 2030 g/mol. The third-order valence-electron chi connectivity index (χ3n) is 6.39. The van der Waals surface area contributed by atoms with E-state index >= 15 is 0 Å². The van der Waals surface area contributed by atoms with E-state index in [4.69, 9.17) is 116 Å². The molecule has 0 saturated carbocycles. The first kappa shape index (κ1) is 121. The van der Waals surface area contributed by atoms with Gasteiger partial charge in [0, 0.05) is 18.4 Å². The number of benzene rings is 4. The summed E-state index contributed by atoms with van der Waals surface area (Å²) in [6, 6.07) is 36.6. The Hall–Kier alpha value is -1.56. The van der Waals surface area contributed by atoms with E-state index < -0.39 is 107 Å². The summed E-state index contributed by atoms with van der Waals surface area (Å²) in [5.74, 6) is -3.69. The molecule has 0 heterocycles. The van der Waals surface area contributed by atoms with Crippen LogP contribution in [-0.4, -0.2) is 70.7 Å². The molecule has 0 saturated heterocycles. The molecule has 0 amide bonds. The number of hydrogen-bond donors (Lipinski definition) is 8. The number of aliphatic hydroxyl groups is 3. The summed E-state index contributed by atoms with van der Waals surface area (Å²) in [7, 11) is 39.0.